The molecule has 28 heavy (non-hydrogen) atoms. The summed E-state index contributed by atoms with van der Waals surface area (Å²) >= 11 is 0. The van der Waals surface area contributed by atoms with Crippen molar-refractivity contribution >= 4 is 7.60 Å². The zero-order valence-corrected chi connectivity index (χ0v) is 15.8. The summed E-state index contributed by atoms with van der Waals surface area (Å²) in [6.07, 6.45) is -5.03. The molecule has 3 rings (SSSR count). The molecule has 0 bridgehead atoms. The molecular formula is C19H23O8P. The van der Waals surface area contributed by atoms with Crippen molar-refractivity contribution in [3.8, 4) is 11.5 Å². The van der Waals surface area contributed by atoms with Gasteiger partial charge in [0, 0.05) is 6.42 Å². The average molecular weight is 410 g/mol. The lowest BCUT2D eigenvalue weighted by Gasteiger charge is -2.26. The van der Waals surface area contributed by atoms with Gasteiger partial charge in [-0.1, -0.05) is 36.4 Å². The van der Waals surface area contributed by atoms with Gasteiger partial charge in [-0.25, -0.2) is 4.57 Å². The van der Waals surface area contributed by atoms with E-state index in [2.05, 4.69) is 0 Å². The summed E-state index contributed by atoms with van der Waals surface area (Å²) in [5.74, 6) is -1.18. The normalized spacial score (nSPS) is 26.0. The second-order valence-electron chi connectivity index (χ2n) is 6.44. The summed E-state index contributed by atoms with van der Waals surface area (Å²) in [6, 6.07) is 16.5. The van der Waals surface area contributed by atoms with E-state index >= 15 is 0 Å². The molecule has 5 atom stereocenters. The van der Waals surface area contributed by atoms with Crippen LogP contribution < -0.4 is 9.05 Å². The fraction of sp³-hybridized carbons (Fsp3) is 0.368. The van der Waals surface area contributed by atoms with Gasteiger partial charge in [0.15, 0.2) is 5.85 Å². The van der Waals surface area contributed by atoms with Crippen LogP contribution in [0.4, 0.5) is 0 Å². The SMILES string of the molecule is O=P(Oc1ccccc1)(Oc1ccccc1)[C@@H](O)C[C@H]1O[C@H](CO)[C@@H](O)[C@@H]1O. The summed E-state index contributed by atoms with van der Waals surface area (Å²) in [6.45, 7) is -0.497. The van der Waals surface area contributed by atoms with E-state index in [9.17, 15) is 25.0 Å². The number of hydrogen-bond acceptors (Lipinski definition) is 8. The number of benzene rings is 2. The van der Waals surface area contributed by atoms with Crippen molar-refractivity contribution in [3.63, 3.8) is 0 Å². The minimum atomic E-state index is -4.16. The largest absolute Gasteiger partial charge is 0.459 e. The van der Waals surface area contributed by atoms with Crippen LogP contribution in [0.1, 0.15) is 6.42 Å². The third-order valence-corrected chi connectivity index (χ3v) is 6.27. The second-order valence-corrected chi connectivity index (χ2v) is 8.48. The second kappa shape index (κ2) is 9.05. The number of para-hydroxylation sites is 2. The number of rotatable bonds is 8. The van der Waals surface area contributed by atoms with Crippen LogP contribution in [0.2, 0.25) is 0 Å². The van der Waals surface area contributed by atoms with Crippen LogP contribution in [0.5, 0.6) is 11.5 Å². The van der Waals surface area contributed by atoms with Gasteiger partial charge in [0.2, 0.25) is 0 Å². The van der Waals surface area contributed by atoms with E-state index in [1.807, 2.05) is 0 Å². The first-order valence-electron chi connectivity index (χ1n) is 8.82. The summed E-state index contributed by atoms with van der Waals surface area (Å²) < 4.78 is 29.8. The summed E-state index contributed by atoms with van der Waals surface area (Å²) in [7, 11) is -4.16. The van der Waals surface area contributed by atoms with Crippen molar-refractivity contribution < 1.29 is 38.8 Å². The predicted octanol–water partition coefficient (Wildman–Crippen LogP) is 1.53. The Hall–Kier alpha value is -1.93. The fourth-order valence-electron chi connectivity index (χ4n) is 2.91. The molecule has 1 fully saturated rings. The molecule has 152 valence electrons. The Labute approximate surface area is 162 Å². The highest BCUT2D eigenvalue weighted by Gasteiger charge is 2.47. The molecule has 0 amide bonds. The minimum absolute atomic E-state index is 0.238. The Morgan fingerprint density at radius 1 is 0.893 bits per heavy atom. The van der Waals surface area contributed by atoms with E-state index in [4.69, 9.17) is 13.8 Å². The molecule has 0 unspecified atom stereocenters. The van der Waals surface area contributed by atoms with Gasteiger partial charge in [0.25, 0.3) is 0 Å². The van der Waals surface area contributed by atoms with E-state index < -0.39 is 44.5 Å². The fourth-order valence-corrected chi connectivity index (χ4v) is 4.48. The number of ether oxygens (including phenoxy) is 1. The van der Waals surface area contributed by atoms with Crippen molar-refractivity contribution in [1.82, 2.24) is 0 Å². The zero-order valence-electron chi connectivity index (χ0n) is 14.9. The van der Waals surface area contributed by atoms with Gasteiger partial charge >= 0.3 is 7.60 Å². The monoisotopic (exact) mass is 410 g/mol. The molecule has 0 saturated carbocycles. The lowest BCUT2D eigenvalue weighted by molar-refractivity contribution is -0.0320. The molecule has 1 saturated heterocycles. The summed E-state index contributed by atoms with van der Waals surface area (Å²) in [5.41, 5.74) is 0. The first-order valence-corrected chi connectivity index (χ1v) is 10.4. The van der Waals surface area contributed by atoms with E-state index in [0.29, 0.717) is 0 Å². The van der Waals surface area contributed by atoms with E-state index in [-0.39, 0.29) is 17.9 Å². The standard InChI is InChI=1S/C19H23O8P/c20-12-16-19(23)18(22)15(25-16)11-17(21)28(24,26-13-7-3-1-4-8-13)27-14-9-5-2-6-10-14/h1-10,15-23H,11-12H2/t15-,16-,17-,18-,19-/m1/s1. The van der Waals surface area contributed by atoms with Gasteiger partial charge in [-0.3, -0.25) is 0 Å². The minimum Gasteiger partial charge on any atom is -0.414 e. The summed E-state index contributed by atoms with van der Waals surface area (Å²) in [5, 5.41) is 39.8. The molecule has 9 heteroatoms. The van der Waals surface area contributed by atoms with E-state index in [1.165, 1.54) is 0 Å². The van der Waals surface area contributed by atoms with Crippen LogP contribution in [0.15, 0.2) is 60.7 Å². The first kappa shape index (κ1) is 20.8. The Morgan fingerprint density at radius 2 is 1.36 bits per heavy atom. The molecule has 2 aromatic rings. The van der Waals surface area contributed by atoms with Crippen molar-refractivity contribution in [2.24, 2.45) is 0 Å². The Kier molecular flexibility index (Phi) is 6.72. The Bertz CT molecular complexity index is 742. The smallest absolute Gasteiger partial charge is 0.414 e. The van der Waals surface area contributed by atoms with Gasteiger partial charge < -0.3 is 34.2 Å². The van der Waals surface area contributed by atoms with Crippen LogP contribution in [0.3, 0.4) is 0 Å². The first-order chi connectivity index (χ1) is 13.4. The van der Waals surface area contributed by atoms with Crippen molar-refractivity contribution in [3.05, 3.63) is 60.7 Å². The van der Waals surface area contributed by atoms with Crippen LogP contribution in [-0.2, 0) is 9.30 Å². The lowest BCUT2D eigenvalue weighted by Crippen LogP contribution is -2.35. The van der Waals surface area contributed by atoms with Gasteiger partial charge in [0.05, 0.1) is 12.7 Å². The average Bonchev–Trinajstić information content (AvgIpc) is 2.97. The number of hydrogen-bond donors (Lipinski definition) is 4. The quantitative estimate of drug-likeness (QED) is 0.483. The molecule has 0 aliphatic carbocycles. The molecule has 1 aliphatic heterocycles. The maximum Gasteiger partial charge on any atom is 0.459 e. The topological polar surface area (TPSA) is 126 Å². The van der Waals surface area contributed by atoms with Crippen molar-refractivity contribution in [2.45, 2.75) is 36.7 Å². The molecule has 1 heterocycles. The van der Waals surface area contributed by atoms with Gasteiger partial charge in [-0.05, 0) is 24.3 Å². The molecule has 0 aromatic heterocycles. The zero-order chi connectivity index (χ0) is 20.1. The van der Waals surface area contributed by atoms with Crippen LogP contribution in [0.25, 0.3) is 0 Å². The predicted molar refractivity (Wildman–Crippen MR) is 100 cm³/mol. The maximum atomic E-state index is 13.4. The van der Waals surface area contributed by atoms with Gasteiger partial charge in [-0.2, -0.15) is 0 Å². The number of aliphatic hydroxyl groups is 4. The van der Waals surface area contributed by atoms with Crippen molar-refractivity contribution in [1.29, 1.82) is 0 Å². The Balaban J connectivity index is 1.80. The highest BCUT2D eigenvalue weighted by atomic mass is 31.2. The lowest BCUT2D eigenvalue weighted by atomic mass is 10.1. The van der Waals surface area contributed by atoms with Crippen LogP contribution >= 0.6 is 7.60 Å². The summed E-state index contributed by atoms with van der Waals surface area (Å²) in [4.78, 5) is 0. The maximum absolute atomic E-state index is 13.4. The molecule has 8 nitrogen and oxygen atoms in total. The van der Waals surface area contributed by atoms with Gasteiger partial charge in [0.1, 0.15) is 29.8 Å². The van der Waals surface area contributed by atoms with Gasteiger partial charge in [-0.15, -0.1) is 0 Å². The molecule has 2 aromatic carbocycles. The highest BCUT2D eigenvalue weighted by Crippen LogP contribution is 2.53. The molecular weight excluding hydrogens is 387 g/mol. The van der Waals surface area contributed by atoms with Crippen LogP contribution in [-0.4, -0.2) is 57.3 Å². The van der Waals surface area contributed by atoms with E-state index in [1.54, 1.807) is 60.7 Å². The molecule has 1 aliphatic rings. The molecule has 0 spiro atoms. The molecule has 4 N–H and O–H groups in total. The number of aliphatic hydroxyl groups excluding tert-OH is 4. The highest BCUT2D eigenvalue weighted by molar-refractivity contribution is 7.55. The van der Waals surface area contributed by atoms with E-state index in [0.717, 1.165) is 0 Å². The van der Waals surface area contributed by atoms with Crippen molar-refractivity contribution in [2.75, 3.05) is 6.61 Å². The van der Waals surface area contributed by atoms with Crippen LogP contribution in [0, 0.1) is 0 Å². The Morgan fingerprint density at radius 3 is 1.79 bits per heavy atom. The third kappa shape index (κ3) is 4.72. The third-order valence-electron chi connectivity index (χ3n) is 4.40. The molecule has 0 radical (unpaired) electrons.